The number of carbonyl (C=O) groups is 1. The number of aromatic amines is 1. The summed E-state index contributed by atoms with van der Waals surface area (Å²) < 4.78 is 11.4. The van der Waals surface area contributed by atoms with Crippen molar-refractivity contribution in [2.24, 2.45) is 4.99 Å². The number of aliphatic imine (C=N–C) groups is 1. The van der Waals surface area contributed by atoms with Crippen LogP contribution in [-0.2, 0) is 4.74 Å². The Hall–Kier alpha value is -3.33. The Balaban J connectivity index is 1.54. The van der Waals surface area contributed by atoms with Crippen LogP contribution in [0.25, 0.3) is 11.0 Å². The maximum atomic E-state index is 13.7. The van der Waals surface area contributed by atoms with Crippen LogP contribution in [0.2, 0.25) is 5.02 Å². The number of thioether (sulfide) groups is 1. The predicted octanol–water partition coefficient (Wildman–Crippen LogP) is 6.85. The summed E-state index contributed by atoms with van der Waals surface area (Å²) in [5, 5.41) is 5.49. The zero-order valence-corrected chi connectivity index (χ0v) is 21.7. The molecule has 0 spiro atoms. The van der Waals surface area contributed by atoms with Gasteiger partial charge in [-0.1, -0.05) is 36.7 Å². The van der Waals surface area contributed by atoms with Crippen molar-refractivity contribution in [3.63, 3.8) is 0 Å². The SMILES string of the molecule is CCSC1=Nc2cnc3[nH]cc(C(=O)c4ccc(Oc5ccccc5)cc4Cl)c3c2NC1(C)COC. The van der Waals surface area contributed by atoms with Crippen LogP contribution in [0.15, 0.2) is 65.9 Å². The van der Waals surface area contributed by atoms with Crippen LogP contribution in [0.3, 0.4) is 0 Å². The molecule has 4 aromatic rings. The second-order valence-corrected chi connectivity index (χ2v) is 10.2. The maximum absolute atomic E-state index is 13.7. The zero-order chi connectivity index (χ0) is 25.3. The van der Waals surface area contributed by atoms with Crippen LogP contribution >= 0.6 is 23.4 Å². The van der Waals surface area contributed by atoms with Gasteiger partial charge in [0.25, 0.3) is 0 Å². The number of pyridine rings is 1. The monoisotopic (exact) mass is 520 g/mol. The predicted molar refractivity (Wildman–Crippen MR) is 147 cm³/mol. The van der Waals surface area contributed by atoms with E-state index in [1.54, 1.807) is 49.5 Å². The Labute approximate surface area is 218 Å². The van der Waals surface area contributed by atoms with E-state index in [0.717, 1.165) is 16.5 Å². The number of hydrogen-bond acceptors (Lipinski definition) is 7. The Kier molecular flexibility index (Phi) is 6.75. The molecule has 2 N–H and O–H groups in total. The number of carbonyl (C=O) groups excluding carboxylic acids is 1. The molecule has 1 aliphatic rings. The van der Waals surface area contributed by atoms with Gasteiger partial charge in [0.1, 0.15) is 33.4 Å². The molecule has 0 saturated carbocycles. The summed E-state index contributed by atoms with van der Waals surface area (Å²) in [7, 11) is 1.66. The van der Waals surface area contributed by atoms with Crippen molar-refractivity contribution in [2.45, 2.75) is 19.4 Å². The number of halogens is 1. The molecule has 3 heterocycles. The molecule has 9 heteroatoms. The third kappa shape index (κ3) is 4.48. The van der Waals surface area contributed by atoms with E-state index in [9.17, 15) is 4.79 Å². The van der Waals surface area contributed by atoms with E-state index in [1.807, 2.05) is 37.3 Å². The molecule has 0 bridgehead atoms. The lowest BCUT2D eigenvalue weighted by molar-refractivity contribution is 0.104. The minimum Gasteiger partial charge on any atom is -0.457 e. The quantitative estimate of drug-likeness (QED) is 0.259. The van der Waals surface area contributed by atoms with Crippen LogP contribution in [-0.4, -0.2) is 45.8 Å². The lowest BCUT2D eigenvalue weighted by Gasteiger charge is -2.36. The van der Waals surface area contributed by atoms with Crippen LogP contribution < -0.4 is 10.1 Å². The molecule has 2 aromatic carbocycles. The van der Waals surface area contributed by atoms with Crippen molar-refractivity contribution in [3.05, 3.63) is 77.1 Å². The number of ether oxygens (including phenoxy) is 2. The number of methoxy groups -OCH3 is 1. The molecule has 0 fully saturated rings. The topological polar surface area (TPSA) is 88.6 Å². The van der Waals surface area contributed by atoms with E-state index in [0.29, 0.717) is 51.0 Å². The number of ketones is 1. The van der Waals surface area contributed by atoms with Gasteiger partial charge in [-0.2, -0.15) is 0 Å². The summed E-state index contributed by atoms with van der Waals surface area (Å²) in [6.45, 7) is 4.55. The molecule has 184 valence electrons. The highest BCUT2D eigenvalue weighted by molar-refractivity contribution is 8.14. The number of nitrogens with one attached hydrogen (secondary N) is 2. The van der Waals surface area contributed by atoms with Gasteiger partial charge in [0.2, 0.25) is 0 Å². The Morgan fingerprint density at radius 3 is 2.67 bits per heavy atom. The number of para-hydroxylation sites is 1. The van der Waals surface area contributed by atoms with Crippen molar-refractivity contribution in [1.29, 1.82) is 0 Å². The highest BCUT2D eigenvalue weighted by Gasteiger charge is 2.37. The van der Waals surface area contributed by atoms with Gasteiger partial charge in [0.05, 0.1) is 34.5 Å². The van der Waals surface area contributed by atoms with Gasteiger partial charge in [-0.05, 0) is 36.9 Å². The number of fused-ring (bicyclic) bond motifs is 3. The molecule has 0 saturated heterocycles. The Bertz CT molecular complexity index is 1470. The van der Waals surface area contributed by atoms with E-state index in [2.05, 4.69) is 22.2 Å². The summed E-state index contributed by atoms with van der Waals surface area (Å²) in [4.78, 5) is 26.2. The number of H-pyrrole nitrogens is 1. The lowest BCUT2D eigenvalue weighted by atomic mass is 9.98. The third-order valence-electron chi connectivity index (χ3n) is 5.90. The molecule has 1 atom stereocenters. The fourth-order valence-electron chi connectivity index (χ4n) is 4.27. The highest BCUT2D eigenvalue weighted by Crippen LogP contribution is 2.42. The van der Waals surface area contributed by atoms with Crippen LogP contribution in [0.5, 0.6) is 11.5 Å². The van der Waals surface area contributed by atoms with Crippen LogP contribution in [0, 0.1) is 0 Å². The molecular weight excluding hydrogens is 496 g/mol. The first kappa shape index (κ1) is 24.4. The van der Waals surface area contributed by atoms with Crippen molar-refractivity contribution < 1.29 is 14.3 Å². The largest absolute Gasteiger partial charge is 0.457 e. The summed E-state index contributed by atoms with van der Waals surface area (Å²) in [5.74, 6) is 1.89. The Morgan fingerprint density at radius 1 is 1.14 bits per heavy atom. The summed E-state index contributed by atoms with van der Waals surface area (Å²) in [6.07, 6.45) is 3.38. The number of rotatable bonds is 7. The van der Waals surface area contributed by atoms with Crippen molar-refractivity contribution in [3.8, 4) is 11.5 Å². The molecule has 7 nitrogen and oxygen atoms in total. The molecule has 5 rings (SSSR count). The molecule has 1 aliphatic heterocycles. The Morgan fingerprint density at radius 2 is 1.94 bits per heavy atom. The van der Waals surface area contributed by atoms with Gasteiger partial charge in [-0.15, -0.1) is 11.8 Å². The molecule has 0 radical (unpaired) electrons. The van der Waals surface area contributed by atoms with E-state index >= 15 is 0 Å². The zero-order valence-electron chi connectivity index (χ0n) is 20.1. The third-order valence-corrected chi connectivity index (χ3v) is 7.32. The fraction of sp³-hybridized carbons (Fsp3) is 0.222. The van der Waals surface area contributed by atoms with Crippen molar-refractivity contribution in [1.82, 2.24) is 9.97 Å². The highest BCUT2D eigenvalue weighted by atomic mass is 35.5. The second-order valence-electron chi connectivity index (χ2n) is 8.57. The smallest absolute Gasteiger partial charge is 0.196 e. The number of nitrogens with zero attached hydrogens (tertiary/aromatic N) is 2. The van der Waals surface area contributed by atoms with Crippen LogP contribution in [0.4, 0.5) is 11.4 Å². The minimum atomic E-state index is -0.539. The minimum absolute atomic E-state index is 0.222. The van der Waals surface area contributed by atoms with E-state index in [4.69, 9.17) is 26.1 Å². The number of hydrogen-bond donors (Lipinski definition) is 2. The second kappa shape index (κ2) is 9.97. The maximum Gasteiger partial charge on any atom is 0.196 e. The average Bonchev–Trinajstić information content (AvgIpc) is 3.30. The summed E-state index contributed by atoms with van der Waals surface area (Å²) in [5.41, 5.74) is 2.30. The average molecular weight is 521 g/mol. The molecular formula is C27H25ClN4O3S. The first-order valence-corrected chi connectivity index (χ1v) is 12.9. The molecule has 0 amide bonds. The first-order chi connectivity index (χ1) is 17.4. The molecule has 1 unspecified atom stereocenters. The van der Waals surface area contributed by atoms with E-state index in [-0.39, 0.29) is 5.78 Å². The number of aromatic nitrogens is 2. The van der Waals surface area contributed by atoms with Gasteiger partial charge in [-0.25, -0.2) is 9.98 Å². The van der Waals surface area contributed by atoms with Gasteiger partial charge < -0.3 is 19.8 Å². The van der Waals surface area contributed by atoms with Crippen molar-refractivity contribution in [2.75, 3.05) is 24.8 Å². The van der Waals surface area contributed by atoms with Gasteiger partial charge >= 0.3 is 0 Å². The lowest BCUT2D eigenvalue weighted by Crippen LogP contribution is -2.47. The van der Waals surface area contributed by atoms with E-state index < -0.39 is 5.54 Å². The van der Waals surface area contributed by atoms with Crippen LogP contribution in [0.1, 0.15) is 29.8 Å². The normalized spacial score (nSPS) is 16.8. The summed E-state index contributed by atoms with van der Waals surface area (Å²) >= 11 is 8.22. The molecule has 2 aromatic heterocycles. The molecule has 36 heavy (non-hydrogen) atoms. The fourth-order valence-corrected chi connectivity index (χ4v) is 5.39. The molecule has 0 aliphatic carbocycles. The number of benzene rings is 2. The summed E-state index contributed by atoms with van der Waals surface area (Å²) in [6, 6.07) is 14.5. The van der Waals surface area contributed by atoms with Gasteiger partial charge in [-0.3, -0.25) is 4.79 Å². The van der Waals surface area contributed by atoms with Gasteiger partial charge in [0, 0.05) is 24.9 Å². The van der Waals surface area contributed by atoms with Gasteiger partial charge in [0.15, 0.2) is 5.78 Å². The standard InChI is InChI=1S/C27H25ClN4O3S/c1-4-36-26-27(2,15-34-3)32-23-21(31-26)14-30-25-22(23)19(13-29-25)24(33)18-11-10-17(12-20(18)28)35-16-8-6-5-7-9-16/h5-14,32H,4,15H2,1-3H3,(H,29,30). The van der Waals surface area contributed by atoms with E-state index in [1.165, 1.54) is 0 Å². The number of anilines is 1. The van der Waals surface area contributed by atoms with Crippen molar-refractivity contribution >= 4 is 56.6 Å². The first-order valence-electron chi connectivity index (χ1n) is 11.5.